The minimum atomic E-state index is -0.800. The number of aromatic nitrogens is 4. The normalized spacial score (nSPS) is 12.1. The van der Waals surface area contributed by atoms with Gasteiger partial charge in [-0.3, -0.25) is 14.2 Å². The van der Waals surface area contributed by atoms with Crippen LogP contribution in [0.1, 0.15) is 47.9 Å². The number of thiazole rings is 1. The third-order valence-electron chi connectivity index (χ3n) is 6.37. The van der Waals surface area contributed by atoms with E-state index in [9.17, 15) is 14.4 Å². The summed E-state index contributed by atoms with van der Waals surface area (Å²) in [5.74, 6) is -0.768. The van der Waals surface area contributed by atoms with Crippen molar-refractivity contribution in [1.82, 2.24) is 19.3 Å². The number of nitrogens with zero attached hydrogens (tertiary/aromatic N) is 4. The molecule has 0 fully saturated rings. The fraction of sp³-hybridized carbons (Fsp3) is 0.250. The monoisotopic (exact) mass is 529 g/mol. The van der Waals surface area contributed by atoms with E-state index in [-0.39, 0.29) is 18.1 Å². The molecule has 3 aromatic heterocycles. The van der Waals surface area contributed by atoms with Crippen LogP contribution in [0, 0.1) is 13.8 Å². The molecule has 0 aliphatic rings. The Morgan fingerprint density at radius 3 is 2.55 bits per heavy atom. The molecule has 10 heteroatoms. The van der Waals surface area contributed by atoms with Crippen molar-refractivity contribution in [3.05, 3.63) is 81.8 Å². The summed E-state index contributed by atoms with van der Waals surface area (Å²) in [5, 5.41) is 8.84. The Hall–Kier alpha value is -4.31. The van der Waals surface area contributed by atoms with Crippen molar-refractivity contribution in [3.8, 4) is 5.69 Å². The molecule has 0 radical (unpaired) electrons. The van der Waals surface area contributed by atoms with Crippen LogP contribution in [-0.2, 0) is 9.53 Å². The number of hydrogen-bond donors (Lipinski definition) is 1. The second kappa shape index (κ2) is 10.2. The van der Waals surface area contributed by atoms with Crippen molar-refractivity contribution in [2.75, 3.05) is 11.9 Å². The summed E-state index contributed by atoms with van der Waals surface area (Å²) < 4.78 is 9.07. The zero-order chi connectivity index (χ0) is 27.0. The van der Waals surface area contributed by atoms with E-state index in [1.807, 2.05) is 51.1 Å². The highest BCUT2D eigenvalue weighted by molar-refractivity contribution is 7.22. The van der Waals surface area contributed by atoms with Gasteiger partial charge in [0.1, 0.15) is 11.7 Å². The largest absolute Gasteiger partial charge is 0.462 e. The summed E-state index contributed by atoms with van der Waals surface area (Å²) in [4.78, 5) is 43.6. The van der Waals surface area contributed by atoms with Gasteiger partial charge in [0.25, 0.3) is 5.56 Å². The Morgan fingerprint density at radius 2 is 1.84 bits per heavy atom. The quantitative estimate of drug-likeness (QED) is 0.291. The van der Waals surface area contributed by atoms with Gasteiger partial charge < -0.3 is 10.1 Å². The molecule has 3 heterocycles. The van der Waals surface area contributed by atoms with Crippen LogP contribution >= 0.6 is 11.3 Å². The van der Waals surface area contributed by atoms with Gasteiger partial charge in [-0.15, -0.1) is 0 Å². The van der Waals surface area contributed by atoms with Crippen molar-refractivity contribution in [1.29, 1.82) is 0 Å². The molecule has 0 saturated carbocycles. The molecule has 1 unspecified atom stereocenters. The minimum Gasteiger partial charge on any atom is -0.462 e. The van der Waals surface area contributed by atoms with Crippen molar-refractivity contribution >= 4 is 49.6 Å². The molecular weight excluding hydrogens is 502 g/mol. The number of para-hydroxylation sites is 1. The predicted molar refractivity (Wildman–Crippen MR) is 148 cm³/mol. The van der Waals surface area contributed by atoms with Crippen LogP contribution < -0.4 is 10.9 Å². The zero-order valence-corrected chi connectivity index (χ0v) is 22.3. The zero-order valence-electron chi connectivity index (χ0n) is 21.5. The molecule has 0 saturated heterocycles. The smallest absolute Gasteiger partial charge is 0.338 e. The molecular formula is C28H27N5O4S. The first kappa shape index (κ1) is 25.3. The van der Waals surface area contributed by atoms with Gasteiger partial charge in [0.05, 0.1) is 33.8 Å². The van der Waals surface area contributed by atoms with Crippen molar-refractivity contribution in [3.63, 3.8) is 0 Å². The van der Waals surface area contributed by atoms with E-state index < -0.39 is 12.0 Å². The van der Waals surface area contributed by atoms with E-state index in [4.69, 9.17) is 9.84 Å². The maximum absolute atomic E-state index is 13.6. The molecule has 5 aromatic rings. The van der Waals surface area contributed by atoms with Crippen molar-refractivity contribution in [2.45, 2.75) is 40.2 Å². The highest BCUT2D eigenvalue weighted by Gasteiger charge is 2.27. The summed E-state index contributed by atoms with van der Waals surface area (Å²) in [5.41, 5.74) is 3.74. The number of pyridine rings is 1. The van der Waals surface area contributed by atoms with Crippen LogP contribution in [0.25, 0.3) is 26.9 Å². The molecule has 1 N–H and O–H groups in total. The third kappa shape index (κ3) is 4.47. The molecule has 0 aliphatic heterocycles. The molecule has 0 aliphatic carbocycles. The lowest BCUT2D eigenvalue weighted by Crippen LogP contribution is -2.34. The van der Waals surface area contributed by atoms with Crippen LogP contribution in [-0.4, -0.2) is 37.8 Å². The standard InChI is InChI=1S/C28H27N5O4S/c1-5-21(25(35)30-28-29-20-13-12-18(15-22(20)38-28)27(36)37-6-2)32-23(34)14-16(3)24-17(4)31-33(26(24)32)19-10-8-7-9-11-19/h7-15,21H,5-6H2,1-4H3,(H,29,30,35). The summed E-state index contributed by atoms with van der Waals surface area (Å²) in [6.45, 7) is 7.68. The van der Waals surface area contributed by atoms with Crippen LogP contribution in [0.5, 0.6) is 0 Å². The number of aryl methyl sites for hydroxylation is 2. The number of carbonyl (C=O) groups excluding carboxylic acids is 2. The first-order valence-corrected chi connectivity index (χ1v) is 13.2. The maximum Gasteiger partial charge on any atom is 0.338 e. The van der Waals surface area contributed by atoms with Crippen LogP contribution in [0.15, 0.2) is 59.4 Å². The number of fused-ring (bicyclic) bond motifs is 2. The second-order valence-electron chi connectivity index (χ2n) is 8.90. The second-order valence-corrected chi connectivity index (χ2v) is 9.93. The molecule has 38 heavy (non-hydrogen) atoms. The highest BCUT2D eigenvalue weighted by Crippen LogP contribution is 2.30. The first-order chi connectivity index (χ1) is 18.3. The van der Waals surface area contributed by atoms with Crippen LogP contribution in [0.4, 0.5) is 5.13 Å². The molecule has 0 bridgehead atoms. The summed E-state index contributed by atoms with van der Waals surface area (Å²) in [6.07, 6.45) is 0.376. The van der Waals surface area contributed by atoms with E-state index in [2.05, 4.69) is 10.3 Å². The molecule has 194 valence electrons. The lowest BCUT2D eigenvalue weighted by molar-refractivity contribution is -0.119. The third-order valence-corrected chi connectivity index (χ3v) is 7.30. The fourth-order valence-electron chi connectivity index (χ4n) is 4.67. The molecule has 5 rings (SSSR count). The number of hydrogen-bond acceptors (Lipinski definition) is 7. The van der Waals surface area contributed by atoms with Crippen molar-refractivity contribution in [2.24, 2.45) is 0 Å². The number of anilines is 1. The number of ether oxygens (including phenoxy) is 1. The number of carbonyl (C=O) groups is 2. The summed E-state index contributed by atoms with van der Waals surface area (Å²) in [7, 11) is 0. The number of rotatable bonds is 7. The number of esters is 1. The van der Waals surface area contributed by atoms with E-state index >= 15 is 0 Å². The molecule has 9 nitrogen and oxygen atoms in total. The average Bonchev–Trinajstić information content (AvgIpc) is 3.46. The maximum atomic E-state index is 13.6. The number of amides is 1. The Bertz CT molecular complexity index is 1740. The Balaban J connectivity index is 1.55. The van der Waals surface area contributed by atoms with Gasteiger partial charge >= 0.3 is 5.97 Å². The fourth-order valence-corrected chi connectivity index (χ4v) is 5.58. The van der Waals surface area contributed by atoms with Gasteiger partial charge in [-0.25, -0.2) is 14.5 Å². The predicted octanol–water partition coefficient (Wildman–Crippen LogP) is 5.18. The molecule has 1 amide bonds. The van der Waals surface area contributed by atoms with Crippen LogP contribution in [0.2, 0.25) is 0 Å². The minimum absolute atomic E-state index is 0.280. The molecule has 1 atom stereocenters. The Labute approximate surface area is 222 Å². The van der Waals surface area contributed by atoms with Gasteiger partial charge in [0.15, 0.2) is 5.13 Å². The average molecular weight is 530 g/mol. The Kier molecular flexibility index (Phi) is 6.81. The lowest BCUT2D eigenvalue weighted by Gasteiger charge is -2.20. The van der Waals surface area contributed by atoms with Crippen molar-refractivity contribution < 1.29 is 14.3 Å². The Morgan fingerprint density at radius 1 is 1.08 bits per heavy atom. The van der Waals surface area contributed by atoms with E-state index in [0.717, 1.165) is 27.0 Å². The lowest BCUT2D eigenvalue weighted by atomic mass is 10.1. The van der Waals surface area contributed by atoms with Gasteiger partial charge in [-0.05, 0) is 63.1 Å². The number of benzene rings is 2. The van der Waals surface area contributed by atoms with Gasteiger partial charge in [0.2, 0.25) is 5.91 Å². The highest BCUT2D eigenvalue weighted by atomic mass is 32.1. The van der Waals surface area contributed by atoms with E-state index in [0.29, 0.717) is 28.3 Å². The number of nitrogens with one attached hydrogen (secondary N) is 1. The SMILES string of the molecule is CCOC(=O)c1ccc2nc(NC(=O)C(CC)n3c(=O)cc(C)c4c(C)nn(-c5ccccc5)c43)sc2c1. The van der Waals surface area contributed by atoms with Gasteiger partial charge in [-0.1, -0.05) is 36.5 Å². The van der Waals surface area contributed by atoms with E-state index in [1.54, 1.807) is 35.9 Å². The molecule has 0 spiro atoms. The van der Waals surface area contributed by atoms with Gasteiger partial charge in [0, 0.05) is 11.5 Å². The first-order valence-electron chi connectivity index (χ1n) is 12.4. The molecule has 2 aromatic carbocycles. The summed E-state index contributed by atoms with van der Waals surface area (Å²) in [6, 6.07) is 15.4. The topological polar surface area (TPSA) is 108 Å². The van der Waals surface area contributed by atoms with E-state index in [1.165, 1.54) is 15.9 Å². The van der Waals surface area contributed by atoms with Crippen LogP contribution in [0.3, 0.4) is 0 Å². The summed E-state index contributed by atoms with van der Waals surface area (Å²) >= 11 is 1.26. The van der Waals surface area contributed by atoms with Gasteiger partial charge in [-0.2, -0.15) is 5.10 Å².